The SMILES string of the molecule is O=C(NC[C@@H](c1cccs1)N1CCCCC1)c1cccs1. The van der Waals surface area contributed by atoms with Crippen LogP contribution in [0.1, 0.15) is 39.9 Å². The molecule has 0 saturated carbocycles. The van der Waals surface area contributed by atoms with Crippen molar-refractivity contribution in [2.75, 3.05) is 19.6 Å². The minimum Gasteiger partial charge on any atom is -0.349 e. The molecule has 1 amide bonds. The first-order valence-corrected chi connectivity index (χ1v) is 9.19. The van der Waals surface area contributed by atoms with E-state index in [0.29, 0.717) is 12.6 Å². The Balaban J connectivity index is 1.66. The topological polar surface area (TPSA) is 32.3 Å². The van der Waals surface area contributed by atoms with Gasteiger partial charge in [0, 0.05) is 11.4 Å². The number of carbonyl (C=O) groups excluding carboxylic acids is 1. The van der Waals surface area contributed by atoms with Crippen molar-refractivity contribution in [2.45, 2.75) is 25.3 Å². The van der Waals surface area contributed by atoms with Crippen LogP contribution in [0.5, 0.6) is 0 Å². The van der Waals surface area contributed by atoms with Crippen LogP contribution in [0, 0.1) is 0 Å². The summed E-state index contributed by atoms with van der Waals surface area (Å²) in [6.45, 7) is 2.96. The number of carbonyl (C=O) groups is 1. The fraction of sp³-hybridized carbons (Fsp3) is 0.438. The average molecular weight is 320 g/mol. The highest BCUT2D eigenvalue weighted by molar-refractivity contribution is 7.12. The second-order valence-electron chi connectivity index (χ2n) is 5.32. The van der Waals surface area contributed by atoms with Gasteiger partial charge in [-0.05, 0) is 48.8 Å². The van der Waals surface area contributed by atoms with Gasteiger partial charge in [0.2, 0.25) is 0 Å². The second kappa shape index (κ2) is 7.20. The van der Waals surface area contributed by atoms with Crippen molar-refractivity contribution in [3.05, 3.63) is 44.8 Å². The molecule has 1 fully saturated rings. The van der Waals surface area contributed by atoms with E-state index < -0.39 is 0 Å². The molecule has 3 nitrogen and oxygen atoms in total. The maximum atomic E-state index is 12.1. The molecule has 0 aromatic carbocycles. The molecule has 3 heterocycles. The van der Waals surface area contributed by atoms with Gasteiger partial charge in [-0.1, -0.05) is 18.6 Å². The smallest absolute Gasteiger partial charge is 0.261 e. The molecule has 3 rings (SSSR count). The normalized spacial score (nSPS) is 17.5. The molecular weight excluding hydrogens is 300 g/mol. The van der Waals surface area contributed by atoms with E-state index in [1.54, 1.807) is 11.3 Å². The number of piperidine rings is 1. The number of nitrogens with zero attached hydrogens (tertiary/aromatic N) is 1. The Kier molecular flexibility index (Phi) is 5.06. The maximum Gasteiger partial charge on any atom is 0.261 e. The number of hydrogen-bond donors (Lipinski definition) is 1. The van der Waals surface area contributed by atoms with Crippen molar-refractivity contribution in [3.63, 3.8) is 0 Å². The van der Waals surface area contributed by atoms with Crippen LogP contribution >= 0.6 is 22.7 Å². The molecule has 5 heteroatoms. The Bertz CT molecular complexity index is 545. The lowest BCUT2D eigenvalue weighted by atomic mass is 10.1. The molecule has 0 unspecified atom stereocenters. The Morgan fingerprint density at radius 3 is 2.57 bits per heavy atom. The summed E-state index contributed by atoms with van der Waals surface area (Å²) in [6, 6.07) is 8.38. The van der Waals surface area contributed by atoms with Crippen LogP contribution in [-0.4, -0.2) is 30.4 Å². The molecule has 2 aromatic rings. The van der Waals surface area contributed by atoms with Gasteiger partial charge >= 0.3 is 0 Å². The Morgan fingerprint density at radius 1 is 1.14 bits per heavy atom. The zero-order valence-corrected chi connectivity index (χ0v) is 13.6. The molecular formula is C16H20N2OS2. The van der Waals surface area contributed by atoms with Crippen LogP contribution in [-0.2, 0) is 0 Å². The molecule has 0 aliphatic carbocycles. The number of nitrogens with one attached hydrogen (secondary N) is 1. The minimum absolute atomic E-state index is 0.0450. The van der Waals surface area contributed by atoms with Crippen molar-refractivity contribution < 1.29 is 4.79 Å². The van der Waals surface area contributed by atoms with Crippen LogP contribution in [0.2, 0.25) is 0 Å². The first kappa shape index (κ1) is 14.8. The van der Waals surface area contributed by atoms with Crippen molar-refractivity contribution in [2.24, 2.45) is 0 Å². The van der Waals surface area contributed by atoms with Crippen LogP contribution in [0.3, 0.4) is 0 Å². The highest BCUT2D eigenvalue weighted by atomic mass is 32.1. The van der Waals surface area contributed by atoms with E-state index in [-0.39, 0.29) is 5.91 Å². The Labute approximate surface area is 133 Å². The molecule has 0 spiro atoms. The van der Waals surface area contributed by atoms with E-state index in [1.165, 1.54) is 35.5 Å². The quantitative estimate of drug-likeness (QED) is 0.909. The highest BCUT2D eigenvalue weighted by Gasteiger charge is 2.23. The summed E-state index contributed by atoms with van der Waals surface area (Å²) < 4.78 is 0. The molecule has 112 valence electrons. The standard InChI is InChI=1S/C16H20N2OS2/c19-16(15-7-5-11-21-15)17-12-13(14-6-4-10-20-14)18-8-2-1-3-9-18/h4-7,10-11,13H,1-3,8-9,12H2,(H,17,19)/t13-/m0/s1. The Hall–Kier alpha value is -1.17. The van der Waals surface area contributed by atoms with Crippen molar-refractivity contribution in [1.29, 1.82) is 0 Å². The van der Waals surface area contributed by atoms with Gasteiger partial charge < -0.3 is 5.32 Å². The number of likely N-dealkylation sites (tertiary alicyclic amines) is 1. The molecule has 1 aliphatic rings. The number of thiophene rings is 2. The van der Waals surface area contributed by atoms with Gasteiger partial charge in [-0.2, -0.15) is 0 Å². The Morgan fingerprint density at radius 2 is 1.90 bits per heavy atom. The molecule has 21 heavy (non-hydrogen) atoms. The largest absolute Gasteiger partial charge is 0.349 e. The summed E-state index contributed by atoms with van der Waals surface area (Å²) in [6.07, 6.45) is 3.86. The molecule has 0 bridgehead atoms. The number of hydrogen-bond acceptors (Lipinski definition) is 4. The molecule has 2 aromatic heterocycles. The zero-order chi connectivity index (χ0) is 14.5. The summed E-state index contributed by atoms with van der Waals surface area (Å²) in [5, 5.41) is 7.17. The summed E-state index contributed by atoms with van der Waals surface area (Å²) in [5.74, 6) is 0.0450. The van der Waals surface area contributed by atoms with E-state index in [9.17, 15) is 4.79 Å². The number of rotatable bonds is 5. The van der Waals surface area contributed by atoms with Crippen LogP contribution in [0.15, 0.2) is 35.0 Å². The fourth-order valence-corrected chi connectivity index (χ4v) is 4.31. The predicted molar refractivity (Wildman–Crippen MR) is 89.1 cm³/mol. The molecule has 1 saturated heterocycles. The van der Waals surface area contributed by atoms with E-state index in [4.69, 9.17) is 0 Å². The lowest BCUT2D eigenvalue weighted by Crippen LogP contribution is -2.40. The van der Waals surface area contributed by atoms with Gasteiger partial charge in [-0.25, -0.2) is 0 Å². The first-order chi connectivity index (χ1) is 10.3. The summed E-state index contributed by atoms with van der Waals surface area (Å²) in [7, 11) is 0. The van der Waals surface area contributed by atoms with E-state index in [1.807, 2.05) is 17.5 Å². The van der Waals surface area contributed by atoms with Crippen molar-refractivity contribution in [1.82, 2.24) is 10.2 Å². The van der Waals surface area contributed by atoms with E-state index >= 15 is 0 Å². The third kappa shape index (κ3) is 3.73. The van der Waals surface area contributed by atoms with Gasteiger partial charge in [0.1, 0.15) is 0 Å². The predicted octanol–water partition coefficient (Wildman–Crippen LogP) is 3.77. The van der Waals surface area contributed by atoms with Crippen LogP contribution in [0.4, 0.5) is 0 Å². The van der Waals surface area contributed by atoms with Gasteiger partial charge in [0.05, 0.1) is 10.9 Å². The average Bonchev–Trinajstić information content (AvgIpc) is 3.22. The third-order valence-electron chi connectivity index (χ3n) is 3.90. The van der Waals surface area contributed by atoms with Gasteiger partial charge in [0.25, 0.3) is 5.91 Å². The minimum atomic E-state index is 0.0450. The van der Waals surface area contributed by atoms with Crippen molar-refractivity contribution >= 4 is 28.6 Å². The highest BCUT2D eigenvalue weighted by Crippen LogP contribution is 2.27. The van der Waals surface area contributed by atoms with Crippen molar-refractivity contribution in [3.8, 4) is 0 Å². The van der Waals surface area contributed by atoms with Gasteiger partial charge in [0.15, 0.2) is 0 Å². The summed E-state index contributed by atoms with van der Waals surface area (Å²) in [4.78, 5) is 16.8. The molecule has 1 N–H and O–H groups in total. The molecule has 0 radical (unpaired) electrons. The zero-order valence-electron chi connectivity index (χ0n) is 12.0. The number of amides is 1. The summed E-state index contributed by atoms with van der Waals surface area (Å²) >= 11 is 3.28. The van der Waals surface area contributed by atoms with Crippen LogP contribution in [0.25, 0.3) is 0 Å². The van der Waals surface area contributed by atoms with Gasteiger partial charge in [-0.15, -0.1) is 22.7 Å². The third-order valence-corrected chi connectivity index (χ3v) is 5.75. The molecule has 1 atom stereocenters. The fourth-order valence-electron chi connectivity index (χ4n) is 2.80. The lowest BCUT2D eigenvalue weighted by Gasteiger charge is -2.34. The van der Waals surface area contributed by atoms with Gasteiger partial charge in [-0.3, -0.25) is 9.69 Å². The van der Waals surface area contributed by atoms with E-state index in [2.05, 4.69) is 27.7 Å². The maximum absolute atomic E-state index is 12.1. The monoisotopic (exact) mass is 320 g/mol. The molecule has 1 aliphatic heterocycles. The summed E-state index contributed by atoms with van der Waals surface area (Å²) in [5.41, 5.74) is 0. The first-order valence-electron chi connectivity index (χ1n) is 7.44. The second-order valence-corrected chi connectivity index (χ2v) is 7.24. The lowest BCUT2D eigenvalue weighted by molar-refractivity contribution is 0.0929. The van der Waals surface area contributed by atoms with Crippen LogP contribution < -0.4 is 5.32 Å². The van der Waals surface area contributed by atoms with E-state index in [0.717, 1.165) is 18.0 Å².